The Labute approximate surface area is 130 Å². The molecule has 0 aromatic carbocycles. The molecule has 23 heavy (non-hydrogen) atoms. The van der Waals surface area contributed by atoms with E-state index in [1.165, 1.54) is 23.8 Å². The number of nitrogens with zero attached hydrogens (tertiary/aromatic N) is 5. The predicted octanol–water partition coefficient (Wildman–Crippen LogP) is -1.02. The Morgan fingerprint density at radius 2 is 1.65 bits per heavy atom. The number of rotatable bonds is 0. The second-order valence-electron chi connectivity index (χ2n) is 8.64. The van der Waals surface area contributed by atoms with Crippen LogP contribution >= 0.6 is 0 Å². The lowest BCUT2D eigenvalue weighted by Gasteiger charge is -2.78. The lowest BCUT2D eigenvalue weighted by molar-refractivity contribution is -0.439. The first-order chi connectivity index (χ1) is 11.1. The van der Waals surface area contributed by atoms with E-state index in [1.54, 1.807) is 11.7 Å². The SMILES string of the molecule is Cn1c(=O)n2n(c1=O)[C@@H]1[C@H]3ON4[C@@H]5CC[C@@H]6N4[C@H]3[C@H]2[C@@]62CC[C@]512. The van der Waals surface area contributed by atoms with Gasteiger partial charge in [0.25, 0.3) is 0 Å². The third-order valence-electron chi connectivity index (χ3n) is 8.82. The molecule has 120 valence electrons. The summed E-state index contributed by atoms with van der Waals surface area (Å²) in [5.74, 6) is 0. The van der Waals surface area contributed by atoms with Gasteiger partial charge in [0.15, 0.2) is 0 Å². The van der Waals surface area contributed by atoms with Crippen LogP contribution in [-0.2, 0) is 11.9 Å². The van der Waals surface area contributed by atoms with Crippen molar-refractivity contribution in [3.63, 3.8) is 0 Å². The third kappa shape index (κ3) is 0.666. The molecule has 4 saturated heterocycles. The topological polar surface area (TPSA) is 64.6 Å². The number of hydrazine groups is 1. The summed E-state index contributed by atoms with van der Waals surface area (Å²) in [6.07, 6.45) is 4.81. The fourth-order valence-electron chi connectivity index (χ4n) is 8.47. The van der Waals surface area contributed by atoms with Crippen molar-refractivity contribution < 1.29 is 4.84 Å². The van der Waals surface area contributed by atoms with Crippen molar-refractivity contribution in [2.75, 3.05) is 0 Å². The molecule has 10 rings (SSSR count). The summed E-state index contributed by atoms with van der Waals surface area (Å²) in [5.41, 5.74) is 0.0718. The van der Waals surface area contributed by atoms with E-state index in [-0.39, 0.29) is 46.4 Å². The smallest absolute Gasteiger partial charge is 0.276 e. The van der Waals surface area contributed by atoms with Gasteiger partial charge in [0, 0.05) is 23.9 Å². The van der Waals surface area contributed by atoms with Gasteiger partial charge in [-0.15, -0.1) is 5.17 Å². The normalized spacial score (nSPS) is 59.0. The van der Waals surface area contributed by atoms with Crippen molar-refractivity contribution in [2.45, 2.75) is 62.0 Å². The fraction of sp³-hybridized carbons (Fsp3) is 0.867. The molecular weight excluding hydrogens is 298 g/mol. The molecular formula is C15H17N5O3. The Morgan fingerprint density at radius 3 is 2.39 bits per heavy atom. The van der Waals surface area contributed by atoms with Crippen molar-refractivity contribution in [3.05, 3.63) is 21.0 Å². The zero-order valence-electron chi connectivity index (χ0n) is 12.8. The summed E-state index contributed by atoms with van der Waals surface area (Å²) < 4.78 is 4.93. The van der Waals surface area contributed by atoms with Gasteiger partial charge in [-0.3, -0.25) is 4.84 Å². The fourth-order valence-corrected chi connectivity index (χ4v) is 8.47. The number of aromatic nitrogens is 3. The molecule has 7 bridgehead atoms. The minimum absolute atomic E-state index is 0.0456. The maximum atomic E-state index is 12.8. The van der Waals surface area contributed by atoms with Crippen LogP contribution in [0, 0.1) is 10.8 Å². The highest BCUT2D eigenvalue weighted by molar-refractivity contribution is 5.40. The zero-order valence-corrected chi connectivity index (χ0v) is 12.8. The highest BCUT2D eigenvalue weighted by Gasteiger charge is 2.93. The number of hydrogen-bond donors (Lipinski definition) is 0. The van der Waals surface area contributed by atoms with Crippen molar-refractivity contribution in [1.29, 1.82) is 0 Å². The van der Waals surface area contributed by atoms with Gasteiger partial charge >= 0.3 is 11.4 Å². The largest absolute Gasteiger partial charge is 0.347 e. The third-order valence-corrected chi connectivity index (χ3v) is 8.82. The van der Waals surface area contributed by atoms with E-state index in [9.17, 15) is 9.59 Å². The van der Waals surface area contributed by atoms with Crippen LogP contribution in [0.15, 0.2) is 9.59 Å². The molecule has 8 nitrogen and oxygen atoms in total. The molecule has 7 heterocycles. The van der Waals surface area contributed by atoms with Gasteiger partial charge in [0.2, 0.25) is 0 Å². The molecule has 3 saturated carbocycles. The highest BCUT2D eigenvalue weighted by Crippen LogP contribution is 2.87. The van der Waals surface area contributed by atoms with Gasteiger partial charge in [-0.2, -0.15) is 0 Å². The van der Waals surface area contributed by atoms with E-state index in [1.807, 2.05) is 4.68 Å². The highest BCUT2D eigenvalue weighted by atomic mass is 16.8. The summed E-state index contributed by atoms with van der Waals surface area (Å²) in [4.78, 5) is 31.9. The molecule has 6 aliphatic heterocycles. The Kier molecular flexibility index (Phi) is 1.30. The van der Waals surface area contributed by atoms with Crippen molar-refractivity contribution in [1.82, 2.24) is 24.1 Å². The Morgan fingerprint density at radius 1 is 1.00 bits per heavy atom. The van der Waals surface area contributed by atoms with Crippen molar-refractivity contribution in [2.24, 2.45) is 17.9 Å². The minimum atomic E-state index is -0.156. The van der Waals surface area contributed by atoms with Crippen LogP contribution in [0.4, 0.5) is 0 Å². The number of fused-ring (bicyclic) bond motifs is 1. The molecule has 0 unspecified atom stereocenters. The van der Waals surface area contributed by atoms with E-state index < -0.39 is 0 Å². The van der Waals surface area contributed by atoms with Gasteiger partial charge in [-0.05, 0) is 25.7 Å². The summed E-state index contributed by atoms with van der Waals surface area (Å²) in [7, 11) is 1.61. The Bertz CT molecular complexity index is 926. The summed E-state index contributed by atoms with van der Waals surface area (Å²) in [5, 5.41) is 4.66. The van der Waals surface area contributed by atoms with E-state index in [4.69, 9.17) is 4.84 Å². The molecule has 3 aliphatic carbocycles. The molecule has 0 radical (unpaired) electrons. The van der Waals surface area contributed by atoms with E-state index in [0.29, 0.717) is 12.1 Å². The zero-order chi connectivity index (χ0) is 15.0. The van der Waals surface area contributed by atoms with E-state index in [2.05, 4.69) is 10.2 Å². The second-order valence-corrected chi connectivity index (χ2v) is 8.64. The molecule has 0 amide bonds. The first kappa shape index (κ1) is 11.2. The van der Waals surface area contributed by atoms with Crippen LogP contribution in [0.3, 0.4) is 0 Å². The molecule has 1 aromatic heterocycles. The lowest BCUT2D eigenvalue weighted by Crippen LogP contribution is -2.84. The van der Waals surface area contributed by atoms with Gasteiger partial charge in [-0.1, -0.05) is 0 Å². The van der Waals surface area contributed by atoms with Crippen LogP contribution in [0.1, 0.15) is 37.8 Å². The van der Waals surface area contributed by atoms with Gasteiger partial charge in [0.1, 0.15) is 6.10 Å². The Balaban J connectivity index is 1.62. The summed E-state index contributed by atoms with van der Waals surface area (Å²) >= 11 is 0. The van der Waals surface area contributed by atoms with Crippen molar-refractivity contribution >= 4 is 0 Å². The molecule has 1 aromatic rings. The maximum Gasteiger partial charge on any atom is 0.347 e. The summed E-state index contributed by atoms with van der Waals surface area (Å²) in [6.45, 7) is 0. The van der Waals surface area contributed by atoms with Crippen LogP contribution in [-0.4, -0.2) is 48.3 Å². The number of hydrogen-bond acceptors (Lipinski definition) is 5. The lowest BCUT2D eigenvalue weighted by atomic mass is 9.33. The van der Waals surface area contributed by atoms with E-state index >= 15 is 0 Å². The van der Waals surface area contributed by atoms with Gasteiger partial charge in [-0.25, -0.2) is 28.5 Å². The molecule has 7 fully saturated rings. The molecule has 9 aliphatic rings. The van der Waals surface area contributed by atoms with E-state index in [0.717, 1.165) is 6.42 Å². The molecule has 8 atom stereocenters. The second kappa shape index (κ2) is 2.66. The molecule has 1 spiro atoms. The first-order valence-electron chi connectivity index (χ1n) is 8.79. The van der Waals surface area contributed by atoms with Crippen LogP contribution in [0.5, 0.6) is 0 Å². The van der Waals surface area contributed by atoms with Crippen LogP contribution < -0.4 is 11.4 Å². The van der Waals surface area contributed by atoms with Crippen LogP contribution in [0.2, 0.25) is 0 Å². The average Bonchev–Trinajstić information content (AvgIpc) is 3.13. The molecule has 8 heteroatoms. The number of hydroxylamine groups is 1. The van der Waals surface area contributed by atoms with Gasteiger partial charge in [0.05, 0.1) is 24.2 Å². The van der Waals surface area contributed by atoms with Crippen LogP contribution in [0.25, 0.3) is 0 Å². The van der Waals surface area contributed by atoms with Gasteiger partial charge < -0.3 is 0 Å². The maximum absolute atomic E-state index is 12.8. The summed E-state index contributed by atoms with van der Waals surface area (Å²) in [6, 6.07) is 1.32. The average molecular weight is 315 g/mol. The standard InChI is InChI=1S/C15H17N5O3/c1-16-12(21)18-10-8-9-11(19(18)13(16)22)15-5-4-14(10,15)6-2-3-7(15)20(23-9)17(6)8/h6-11H,2-5H2,1H3/t6-,7+,8+,9-,10-,11+,14+,15-/m0/s1. The minimum Gasteiger partial charge on any atom is -0.276 e. The predicted molar refractivity (Wildman–Crippen MR) is 75.3 cm³/mol. The monoisotopic (exact) mass is 315 g/mol. The van der Waals surface area contributed by atoms with Crippen molar-refractivity contribution in [3.8, 4) is 0 Å². The Hall–Kier alpha value is -1.38. The molecule has 0 N–H and O–H groups in total. The quantitative estimate of drug-likeness (QED) is 0.613. The first-order valence-corrected chi connectivity index (χ1v) is 8.79.